The van der Waals surface area contributed by atoms with Crippen molar-refractivity contribution in [3.8, 4) is 0 Å². The van der Waals surface area contributed by atoms with E-state index in [0.717, 1.165) is 18.4 Å². The second-order valence-corrected chi connectivity index (χ2v) is 9.76. The van der Waals surface area contributed by atoms with Crippen molar-refractivity contribution in [2.24, 2.45) is 5.73 Å². The predicted molar refractivity (Wildman–Crippen MR) is 135 cm³/mol. The molecule has 1 aromatic carbocycles. The van der Waals surface area contributed by atoms with Crippen LogP contribution >= 0.6 is 11.3 Å². The highest BCUT2D eigenvalue weighted by Crippen LogP contribution is 2.27. The number of aliphatic hydroxyl groups excluding tert-OH is 1. The second kappa shape index (κ2) is 14.3. The highest BCUT2D eigenvalue weighted by molar-refractivity contribution is 7.09. The predicted octanol–water partition coefficient (Wildman–Crippen LogP) is 3.63. The van der Waals surface area contributed by atoms with E-state index in [9.17, 15) is 14.7 Å². The Morgan fingerprint density at radius 3 is 2.33 bits per heavy atom. The molecule has 1 aromatic heterocycles. The molecule has 33 heavy (non-hydrogen) atoms. The number of amides is 2. The van der Waals surface area contributed by atoms with Gasteiger partial charge in [-0.3, -0.25) is 9.28 Å². The minimum Gasteiger partial charge on any atom is -0.386 e. The zero-order valence-electron chi connectivity index (χ0n) is 20.0. The third-order valence-corrected chi connectivity index (χ3v) is 7.05. The fraction of sp³-hybridized carbons (Fsp3) is 0.538. The largest absolute Gasteiger partial charge is 0.386 e. The summed E-state index contributed by atoms with van der Waals surface area (Å²) < 4.78 is 0.248. The lowest BCUT2D eigenvalue weighted by Gasteiger charge is -2.44. The van der Waals surface area contributed by atoms with Crippen LogP contribution in [0, 0.1) is 0 Å². The summed E-state index contributed by atoms with van der Waals surface area (Å²) in [5, 5.41) is 16.9. The van der Waals surface area contributed by atoms with E-state index in [1.807, 2.05) is 29.6 Å². The van der Waals surface area contributed by atoms with Gasteiger partial charge in [-0.25, -0.2) is 4.79 Å². The summed E-state index contributed by atoms with van der Waals surface area (Å²) in [6.07, 6.45) is 2.60. The number of aliphatic hydroxyl groups is 1. The van der Waals surface area contributed by atoms with Crippen LogP contribution in [0.25, 0.3) is 0 Å². The molecule has 182 valence electrons. The molecular formula is C26H40N3O3S+. The van der Waals surface area contributed by atoms with Crippen LogP contribution in [0.2, 0.25) is 0 Å². The Hall–Kier alpha value is -2.06. The Bertz CT molecular complexity index is 821. The minimum atomic E-state index is -0.686. The molecule has 0 unspecified atom stereocenters. The van der Waals surface area contributed by atoms with Crippen LogP contribution in [0.15, 0.2) is 47.8 Å². The van der Waals surface area contributed by atoms with Crippen LogP contribution < -0.4 is 11.1 Å². The maximum Gasteiger partial charge on any atom is 0.314 e. The monoisotopic (exact) mass is 474 g/mol. The average molecular weight is 475 g/mol. The third kappa shape index (κ3) is 8.34. The molecule has 0 aliphatic heterocycles. The van der Waals surface area contributed by atoms with E-state index in [-0.39, 0.29) is 28.8 Å². The summed E-state index contributed by atoms with van der Waals surface area (Å²) in [6.45, 7) is 6.60. The van der Waals surface area contributed by atoms with E-state index in [0.29, 0.717) is 45.4 Å². The van der Waals surface area contributed by atoms with Crippen LogP contribution in [0.4, 0.5) is 0 Å². The summed E-state index contributed by atoms with van der Waals surface area (Å²) in [7, 11) is 0. The van der Waals surface area contributed by atoms with Crippen molar-refractivity contribution in [3.05, 3.63) is 58.3 Å². The number of carbonyl (C=O) groups is 2. The molecule has 0 spiro atoms. The number of carbonyl (C=O) groups excluding carboxylic acids is 2. The number of nitrogens with two attached hydrogens (primary N) is 1. The fourth-order valence-corrected chi connectivity index (χ4v) is 5.44. The van der Waals surface area contributed by atoms with Gasteiger partial charge in [0, 0.05) is 30.8 Å². The molecular weight excluding hydrogens is 434 g/mol. The van der Waals surface area contributed by atoms with Crippen molar-refractivity contribution in [1.82, 2.24) is 5.32 Å². The molecule has 0 fully saturated rings. The molecule has 4 N–H and O–H groups in total. The topological polar surface area (TPSA) is 92.4 Å². The van der Waals surface area contributed by atoms with Gasteiger partial charge in [-0.2, -0.15) is 0 Å². The van der Waals surface area contributed by atoms with Crippen molar-refractivity contribution in [2.75, 3.05) is 19.6 Å². The van der Waals surface area contributed by atoms with Gasteiger partial charge in [0.05, 0.1) is 19.5 Å². The van der Waals surface area contributed by atoms with Crippen LogP contribution in [0.3, 0.4) is 0 Å². The number of thiophene rings is 1. The number of hydrogen-bond donors (Lipinski definition) is 3. The molecule has 0 radical (unpaired) electrons. The summed E-state index contributed by atoms with van der Waals surface area (Å²) in [5.74, 6) is -0.282. The van der Waals surface area contributed by atoms with Gasteiger partial charge in [0.25, 0.3) is 0 Å². The normalized spacial score (nSPS) is 13.5. The van der Waals surface area contributed by atoms with Crippen LogP contribution in [-0.4, -0.2) is 53.2 Å². The lowest BCUT2D eigenvalue weighted by atomic mass is 9.97. The van der Waals surface area contributed by atoms with Crippen molar-refractivity contribution in [1.29, 1.82) is 0 Å². The first kappa shape index (κ1) is 27.2. The van der Waals surface area contributed by atoms with E-state index in [2.05, 4.69) is 37.4 Å². The van der Waals surface area contributed by atoms with Crippen LogP contribution in [0.1, 0.15) is 56.4 Å². The highest BCUT2D eigenvalue weighted by Gasteiger charge is 2.45. The molecule has 2 amide bonds. The van der Waals surface area contributed by atoms with E-state index in [1.54, 1.807) is 11.3 Å². The van der Waals surface area contributed by atoms with Gasteiger partial charge in [-0.05, 0) is 36.3 Å². The maximum atomic E-state index is 13.7. The summed E-state index contributed by atoms with van der Waals surface area (Å²) in [5.41, 5.74) is 6.46. The van der Waals surface area contributed by atoms with Gasteiger partial charge in [-0.1, -0.05) is 50.2 Å². The van der Waals surface area contributed by atoms with Crippen LogP contribution in [-0.2, 0) is 22.6 Å². The number of nitrogens with one attached hydrogen (secondary N) is 1. The smallest absolute Gasteiger partial charge is 0.314 e. The Kier molecular flexibility index (Phi) is 11.7. The molecule has 0 aliphatic rings. The summed E-state index contributed by atoms with van der Waals surface area (Å²) in [4.78, 5) is 26.1. The number of hydrogen-bond acceptors (Lipinski definition) is 5. The number of nitrogens with zero attached hydrogens (tertiary/aromatic N) is 1. The lowest BCUT2D eigenvalue weighted by molar-refractivity contribution is -0.884. The molecule has 0 saturated carbocycles. The number of primary amides is 1. The molecule has 7 heteroatoms. The van der Waals surface area contributed by atoms with Gasteiger partial charge in [0.2, 0.25) is 5.91 Å². The average Bonchev–Trinajstić information content (AvgIpc) is 3.31. The standard InChI is InChI=1S/C26H39N3O3S/c1-3-15-29(16-4-2,26(32)14-8-13-25(27)31)23(18-22-12-9-17-33-22)24(30)20-28-19-21-10-6-5-7-11-21/h5-7,9-12,17,23-24,28,30H,3-4,8,13-16,18-20H2,1-2H3,(H-,27,31)/p+1/t23-,24+/m0/s1. The first-order valence-electron chi connectivity index (χ1n) is 12.1. The number of rotatable bonds is 16. The minimum absolute atomic E-state index is 0.101. The molecule has 2 atom stereocenters. The first-order valence-corrected chi connectivity index (χ1v) is 12.9. The highest BCUT2D eigenvalue weighted by atomic mass is 32.1. The number of benzene rings is 1. The molecule has 0 bridgehead atoms. The first-order chi connectivity index (χ1) is 15.9. The molecule has 1 heterocycles. The van der Waals surface area contributed by atoms with E-state index < -0.39 is 6.10 Å². The molecule has 0 saturated heterocycles. The Labute approximate surface area is 202 Å². The Balaban J connectivity index is 2.26. The SMILES string of the molecule is CCC[N+](CCC)(C(=O)CCCC(N)=O)[C@@H](Cc1cccs1)[C@H](O)CNCc1ccccc1. The van der Waals surface area contributed by atoms with Crippen molar-refractivity contribution in [3.63, 3.8) is 0 Å². The Morgan fingerprint density at radius 1 is 1.06 bits per heavy atom. The van der Waals surface area contributed by atoms with Gasteiger partial charge >= 0.3 is 5.91 Å². The quantitative estimate of drug-likeness (QED) is 0.324. The van der Waals surface area contributed by atoms with Gasteiger partial charge < -0.3 is 16.2 Å². The molecule has 2 aromatic rings. The Morgan fingerprint density at radius 2 is 1.76 bits per heavy atom. The van der Waals surface area contributed by atoms with E-state index in [4.69, 9.17) is 5.73 Å². The van der Waals surface area contributed by atoms with E-state index >= 15 is 0 Å². The van der Waals surface area contributed by atoms with E-state index in [1.165, 1.54) is 4.88 Å². The third-order valence-electron chi connectivity index (χ3n) is 6.15. The maximum absolute atomic E-state index is 13.7. The molecule has 0 aliphatic carbocycles. The van der Waals surface area contributed by atoms with Crippen molar-refractivity contribution >= 4 is 23.2 Å². The second-order valence-electron chi connectivity index (χ2n) is 8.73. The zero-order valence-corrected chi connectivity index (χ0v) is 20.9. The summed E-state index contributed by atoms with van der Waals surface area (Å²) in [6, 6.07) is 13.9. The van der Waals surface area contributed by atoms with Gasteiger partial charge in [-0.15, -0.1) is 11.3 Å². The van der Waals surface area contributed by atoms with Gasteiger partial charge in [0.1, 0.15) is 12.1 Å². The summed E-state index contributed by atoms with van der Waals surface area (Å²) >= 11 is 1.66. The zero-order chi connectivity index (χ0) is 24.1. The van der Waals surface area contributed by atoms with Gasteiger partial charge in [0.15, 0.2) is 0 Å². The lowest BCUT2D eigenvalue weighted by Crippen LogP contribution is -2.65. The van der Waals surface area contributed by atoms with Crippen LogP contribution in [0.5, 0.6) is 0 Å². The van der Waals surface area contributed by atoms with Crippen molar-refractivity contribution < 1.29 is 19.2 Å². The van der Waals surface area contributed by atoms with Crippen molar-refractivity contribution in [2.45, 2.75) is 71.1 Å². The number of quaternary nitrogens is 1. The molecule has 2 rings (SSSR count). The fourth-order valence-electron chi connectivity index (χ4n) is 4.68. The molecule has 6 nitrogen and oxygen atoms in total.